The predicted molar refractivity (Wildman–Crippen MR) is 89.1 cm³/mol. The van der Waals surface area contributed by atoms with Crippen molar-refractivity contribution in [2.45, 2.75) is 33.2 Å². The smallest absolute Gasteiger partial charge is 0.258 e. The maximum Gasteiger partial charge on any atom is 0.258 e. The fourth-order valence-electron chi connectivity index (χ4n) is 2.17. The molecule has 0 fully saturated rings. The Labute approximate surface area is 132 Å². The molecule has 2 aromatic rings. The molecule has 116 valence electrons. The standard InChI is InChI=1S/C19H23NO2/c1-14(2)16-9-6-10-18(11-16)22-13-19(21)20-12-17-8-5-4-7-15(17)3/h4-11,14H,12-13H2,1-3H3,(H,20,21). The maximum atomic E-state index is 11.9. The largest absolute Gasteiger partial charge is 0.484 e. The molecular weight excluding hydrogens is 274 g/mol. The quantitative estimate of drug-likeness (QED) is 0.880. The van der Waals surface area contributed by atoms with Crippen molar-refractivity contribution in [3.8, 4) is 5.75 Å². The van der Waals surface area contributed by atoms with Gasteiger partial charge in [0.25, 0.3) is 5.91 Å². The second-order valence-electron chi connectivity index (χ2n) is 5.72. The van der Waals surface area contributed by atoms with Crippen molar-refractivity contribution < 1.29 is 9.53 Å². The number of carbonyl (C=O) groups is 1. The lowest BCUT2D eigenvalue weighted by Gasteiger charge is -2.11. The summed E-state index contributed by atoms with van der Waals surface area (Å²) in [4.78, 5) is 11.9. The molecule has 3 nitrogen and oxygen atoms in total. The molecule has 0 heterocycles. The highest BCUT2D eigenvalue weighted by molar-refractivity contribution is 5.77. The maximum absolute atomic E-state index is 11.9. The van der Waals surface area contributed by atoms with Crippen LogP contribution in [0.3, 0.4) is 0 Å². The number of ether oxygens (including phenoxy) is 1. The van der Waals surface area contributed by atoms with Crippen molar-refractivity contribution >= 4 is 5.91 Å². The van der Waals surface area contributed by atoms with Crippen molar-refractivity contribution in [2.75, 3.05) is 6.61 Å². The zero-order chi connectivity index (χ0) is 15.9. The number of rotatable bonds is 6. The van der Waals surface area contributed by atoms with E-state index >= 15 is 0 Å². The Kier molecular flexibility index (Phi) is 5.59. The average Bonchev–Trinajstić information content (AvgIpc) is 2.52. The van der Waals surface area contributed by atoms with Crippen LogP contribution in [-0.4, -0.2) is 12.5 Å². The minimum atomic E-state index is -0.113. The van der Waals surface area contributed by atoms with Crippen molar-refractivity contribution in [2.24, 2.45) is 0 Å². The minimum Gasteiger partial charge on any atom is -0.484 e. The van der Waals surface area contributed by atoms with Gasteiger partial charge in [0.15, 0.2) is 6.61 Å². The van der Waals surface area contributed by atoms with Crippen LogP contribution in [-0.2, 0) is 11.3 Å². The van der Waals surface area contributed by atoms with Crippen molar-refractivity contribution in [1.82, 2.24) is 5.32 Å². The number of hydrogen-bond donors (Lipinski definition) is 1. The van der Waals surface area contributed by atoms with E-state index in [-0.39, 0.29) is 12.5 Å². The molecule has 0 bridgehead atoms. The first-order valence-corrected chi connectivity index (χ1v) is 7.60. The number of carbonyl (C=O) groups excluding carboxylic acids is 1. The van der Waals surface area contributed by atoms with Gasteiger partial charge in [-0.25, -0.2) is 0 Å². The number of amides is 1. The fourth-order valence-corrected chi connectivity index (χ4v) is 2.17. The molecule has 0 saturated heterocycles. The van der Waals surface area contributed by atoms with Crippen LogP contribution in [0, 0.1) is 6.92 Å². The van der Waals surface area contributed by atoms with Gasteiger partial charge in [-0.1, -0.05) is 50.2 Å². The Balaban J connectivity index is 1.83. The van der Waals surface area contributed by atoms with E-state index in [1.165, 1.54) is 11.1 Å². The lowest BCUT2D eigenvalue weighted by Crippen LogP contribution is -2.28. The highest BCUT2D eigenvalue weighted by atomic mass is 16.5. The zero-order valence-electron chi connectivity index (χ0n) is 13.4. The first-order chi connectivity index (χ1) is 10.6. The monoisotopic (exact) mass is 297 g/mol. The van der Waals surface area contributed by atoms with E-state index in [0.29, 0.717) is 12.5 Å². The Bertz CT molecular complexity index is 635. The van der Waals surface area contributed by atoms with Gasteiger partial charge in [-0.15, -0.1) is 0 Å². The van der Waals surface area contributed by atoms with Crippen molar-refractivity contribution in [3.63, 3.8) is 0 Å². The number of nitrogens with one attached hydrogen (secondary N) is 1. The molecule has 0 unspecified atom stereocenters. The van der Waals surface area contributed by atoms with E-state index in [0.717, 1.165) is 11.3 Å². The Morgan fingerprint density at radius 2 is 1.91 bits per heavy atom. The molecule has 0 aliphatic carbocycles. The SMILES string of the molecule is Cc1ccccc1CNC(=O)COc1cccc(C(C)C)c1. The van der Waals surface area contributed by atoms with E-state index in [9.17, 15) is 4.79 Å². The fraction of sp³-hybridized carbons (Fsp3) is 0.316. The van der Waals surface area contributed by atoms with Crippen LogP contribution in [0.25, 0.3) is 0 Å². The van der Waals surface area contributed by atoms with Gasteiger partial charge < -0.3 is 10.1 Å². The van der Waals surface area contributed by atoms with Crippen LogP contribution in [0.15, 0.2) is 48.5 Å². The summed E-state index contributed by atoms with van der Waals surface area (Å²) in [6, 6.07) is 15.9. The van der Waals surface area contributed by atoms with Crippen LogP contribution in [0.2, 0.25) is 0 Å². The van der Waals surface area contributed by atoms with Crippen LogP contribution in [0.4, 0.5) is 0 Å². The first kappa shape index (κ1) is 16.1. The number of hydrogen-bond acceptors (Lipinski definition) is 2. The van der Waals surface area contributed by atoms with Crippen LogP contribution >= 0.6 is 0 Å². The second kappa shape index (κ2) is 7.64. The molecule has 22 heavy (non-hydrogen) atoms. The normalized spacial score (nSPS) is 10.5. The van der Waals surface area contributed by atoms with E-state index in [1.54, 1.807) is 0 Å². The number of benzene rings is 2. The number of aryl methyl sites for hydroxylation is 1. The summed E-state index contributed by atoms with van der Waals surface area (Å²) in [6.45, 7) is 6.87. The van der Waals surface area contributed by atoms with Gasteiger partial charge in [-0.3, -0.25) is 4.79 Å². The van der Waals surface area contributed by atoms with Gasteiger partial charge in [0.1, 0.15) is 5.75 Å². The molecule has 1 N–H and O–H groups in total. The molecule has 2 rings (SSSR count). The van der Waals surface area contributed by atoms with Crippen molar-refractivity contribution in [3.05, 3.63) is 65.2 Å². The van der Waals surface area contributed by atoms with Gasteiger partial charge in [0, 0.05) is 6.54 Å². The van der Waals surface area contributed by atoms with Gasteiger partial charge >= 0.3 is 0 Å². The molecule has 0 aliphatic rings. The van der Waals surface area contributed by atoms with Gasteiger partial charge in [0.05, 0.1) is 0 Å². The Morgan fingerprint density at radius 3 is 2.64 bits per heavy atom. The van der Waals surface area contributed by atoms with E-state index < -0.39 is 0 Å². The molecule has 0 aliphatic heterocycles. The summed E-state index contributed by atoms with van der Waals surface area (Å²) in [5.41, 5.74) is 3.50. The van der Waals surface area contributed by atoms with Crippen LogP contribution in [0.1, 0.15) is 36.5 Å². The van der Waals surface area contributed by atoms with E-state index in [4.69, 9.17) is 4.74 Å². The van der Waals surface area contributed by atoms with Crippen molar-refractivity contribution in [1.29, 1.82) is 0 Å². The Morgan fingerprint density at radius 1 is 1.14 bits per heavy atom. The molecular formula is C19H23NO2. The third-order valence-electron chi connectivity index (χ3n) is 3.63. The van der Waals surface area contributed by atoms with Gasteiger partial charge in [-0.05, 0) is 41.7 Å². The summed E-state index contributed by atoms with van der Waals surface area (Å²) >= 11 is 0. The predicted octanol–water partition coefficient (Wildman–Crippen LogP) is 3.81. The highest BCUT2D eigenvalue weighted by Crippen LogP contribution is 2.19. The molecule has 0 spiro atoms. The molecule has 0 radical (unpaired) electrons. The molecule has 3 heteroatoms. The summed E-state index contributed by atoms with van der Waals surface area (Å²) in [5, 5.41) is 2.88. The summed E-state index contributed by atoms with van der Waals surface area (Å²) in [5.74, 6) is 1.06. The lowest BCUT2D eigenvalue weighted by molar-refractivity contribution is -0.123. The van der Waals surface area contributed by atoms with Gasteiger partial charge in [0.2, 0.25) is 0 Å². The molecule has 0 aromatic heterocycles. The molecule has 1 amide bonds. The molecule has 0 atom stereocenters. The second-order valence-corrected chi connectivity index (χ2v) is 5.72. The first-order valence-electron chi connectivity index (χ1n) is 7.60. The molecule has 2 aromatic carbocycles. The molecule has 0 saturated carbocycles. The topological polar surface area (TPSA) is 38.3 Å². The summed E-state index contributed by atoms with van der Waals surface area (Å²) in [6.07, 6.45) is 0. The zero-order valence-corrected chi connectivity index (χ0v) is 13.4. The lowest BCUT2D eigenvalue weighted by atomic mass is 10.0. The summed E-state index contributed by atoms with van der Waals surface area (Å²) < 4.78 is 5.57. The van der Waals surface area contributed by atoms with E-state index in [2.05, 4.69) is 25.2 Å². The highest BCUT2D eigenvalue weighted by Gasteiger charge is 2.05. The van der Waals surface area contributed by atoms with Crippen LogP contribution < -0.4 is 10.1 Å². The third kappa shape index (κ3) is 4.62. The van der Waals surface area contributed by atoms with Crippen LogP contribution in [0.5, 0.6) is 5.75 Å². The van der Waals surface area contributed by atoms with Gasteiger partial charge in [-0.2, -0.15) is 0 Å². The third-order valence-corrected chi connectivity index (χ3v) is 3.63. The summed E-state index contributed by atoms with van der Waals surface area (Å²) in [7, 11) is 0. The Hall–Kier alpha value is -2.29. The van der Waals surface area contributed by atoms with E-state index in [1.807, 2.05) is 49.4 Å². The average molecular weight is 297 g/mol. The minimum absolute atomic E-state index is 0.0351.